The van der Waals surface area contributed by atoms with Gasteiger partial charge in [0.05, 0.1) is 16.5 Å². The third-order valence-electron chi connectivity index (χ3n) is 2.73. The molecule has 1 unspecified atom stereocenters. The number of rotatable bonds is 4. The van der Waals surface area contributed by atoms with E-state index < -0.39 is 9.84 Å². The number of carbonyl (C=O) groups excluding carboxylic acids is 1. The summed E-state index contributed by atoms with van der Waals surface area (Å²) in [6.07, 6.45) is 1.15. The van der Waals surface area contributed by atoms with Gasteiger partial charge in [-0.05, 0) is 6.42 Å². The molecule has 1 heterocycles. The average molecular weight is 264 g/mol. The van der Waals surface area contributed by atoms with Gasteiger partial charge in [0.2, 0.25) is 5.91 Å². The van der Waals surface area contributed by atoms with Gasteiger partial charge >= 0.3 is 0 Å². The van der Waals surface area contributed by atoms with Crippen LogP contribution in [-0.2, 0) is 14.6 Å². The molecule has 0 aliphatic carbocycles. The van der Waals surface area contributed by atoms with E-state index in [1.165, 1.54) is 4.90 Å². The number of hydrogen-bond acceptors (Lipinski definition) is 4. The van der Waals surface area contributed by atoms with Crippen molar-refractivity contribution in [2.45, 2.75) is 25.3 Å². The van der Waals surface area contributed by atoms with Crippen LogP contribution >= 0.6 is 12.2 Å². The van der Waals surface area contributed by atoms with E-state index in [1.807, 2.05) is 0 Å². The molecule has 1 fully saturated rings. The van der Waals surface area contributed by atoms with Crippen LogP contribution in [0.4, 0.5) is 0 Å². The van der Waals surface area contributed by atoms with E-state index >= 15 is 0 Å². The fraction of sp³-hybridized carbons (Fsp3) is 0.778. The lowest BCUT2D eigenvalue weighted by molar-refractivity contribution is -0.131. The summed E-state index contributed by atoms with van der Waals surface area (Å²) in [4.78, 5) is 13.5. The number of carbonyl (C=O) groups is 1. The van der Waals surface area contributed by atoms with E-state index in [0.717, 1.165) is 0 Å². The Kier molecular flexibility index (Phi) is 4.26. The summed E-state index contributed by atoms with van der Waals surface area (Å²) in [5.41, 5.74) is 5.30. The molecular formula is C9H16N2O3S2. The van der Waals surface area contributed by atoms with Crippen LogP contribution in [0.2, 0.25) is 0 Å². The van der Waals surface area contributed by atoms with Gasteiger partial charge in [-0.2, -0.15) is 0 Å². The molecule has 0 saturated carbocycles. The van der Waals surface area contributed by atoms with Gasteiger partial charge in [0, 0.05) is 25.9 Å². The van der Waals surface area contributed by atoms with Crippen LogP contribution in [0.15, 0.2) is 0 Å². The van der Waals surface area contributed by atoms with Gasteiger partial charge in [0.1, 0.15) is 0 Å². The number of nitrogens with two attached hydrogens (primary N) is 1. The summed E-state index contributed by atoms with van der Waals surface area (Å²) in [6, 6.07) is -0.191. The van der Waals surface area contributed by atoms with Crippen molar-refractivity contribution in [1.82, 2.24) is 4.90 Å². The minimum atomic E-state index is -2.95. The van der Waals surface area contributed by atoms with Crippen LogP contribution in [0.3, 0.4) is 0 Å². The molecule has 16 heavy (non-hydrogen) atoms. The molecule has 0 spiro atoms. The lowest BCUT2D eigenvalue weighted by Gasteiger charge is -2.23. The third kappa shape index (κ3) is 3.71. The molecule has 1 aliphatic heterocycles. The molecule has 2 N–H and O–H groups in total. The van der Waals surface area contributed by atoms with Crippen LogP contribution in [-0.4, -0.2) is 48.8 Å². The lowest BCUT2D eigenvalue weighted by atomic mass is 10.2. The van der Waals surface area contributed by atoms with Gasteiger partial charge < -0.3 is 10.6 Å². The van der Waals surface area contributed by atoms with Crippen molar-refractivity contribution in [1.29, 1.82) is 0 Å². The Morgan fingerprint density at radius 3 is 2.56 bits per heavy atom. The van der Waals surface area contributed by atoms with Crippen molar-refractivity contribution in [3.05, 3.63) is 0 Å². The normalized spacial score (nSPS) is 22.9. The number of sulfone groups is 1. The first-order chi connectivity index (χ1) is 7.32. The second kappa shape index (κ2) is 5.09. The van der Waals surface area contributed by atoms with Crippen molar-refractivity contribution < 1.29 is 13.2 Å². The number of nitrogens with zero attached hydrogens (tertiary/aromatic N) is 1. The highest BCUT2D eigenvalue weighted by Gasteiger charge is 2.32. The summed E-state index contributed by atoms with van der Waals surface area (Å²) in [6.45, 7) is 0. The third-order valence-corrected chi connectivity index (χ3v) is 4.69. The largest absolute Gasteiger partial charge is 0.393 e. The zero-order valence-electron chi connectivity index (χ0n) is 9.18. The summed E-state index contributed by atoms with van der Waals surface area (Å²) in [7, 11) is -1.32. The van der Waals surface area contributed by atoms with E-state index in [2.05, 4.69) is 12.2 Å². The first-order valence-corrected chi connectivity index (χ1v) is 7.29. The molecule has 0 aromatic rings. The molecule has 1 atom stereocenters. The number of amides is 1. The fourth-order valence-corrected chi connectivity index (χ4v) is 3.57. The van der Waals surface area contributed by atoms with Crippen LogP contribution in [0, 0.1) is 0 Å². The van der Waals surface area contributed by atoms with Crippen molar-refractivity contribution in [2.75, 3.05) is 18.6 Å². The summed E-state index contributed by atoms with van der Waals surface area (Å²) in [5, 5.41) is 0. The van der Waals surface area contributed by atoms with E-state index in [-0.39, 0.29) is 29.9 Å². The molecule has 0 bridgehead atoms. The standard InChI is InChI=1S/C9H16N2O3S2/c1-11(9(12)3-2-8(10)15)7-4-5-16(13,14)6-7/h7H,2-6H2,1H3,(H2,10,15). The molecule has 92 valence electrons. The van der Waals surface area contributed by atoms with Gasteiger partial charge in [-0.15, -0.1) is 0 Å². The average Bonchev–Trinajstić information content (AvgIpc) is 2.54. The summed E-state index contributed by atoms with van der Waals surface area (Å²) < 4.78 is 22.5. The Morgan fingerprint density at radius 1 is 1.50 bits per heavy atom. The first kappa shape index (κ1) is 13.4. The smallest absolute Gasteiger partial charge is 0.223 e. The van der Waals surface area contributed by atoms with Crippen molar-refractivity contribution >= 4 is 33.0 Å². The predicted octanol–water partition coefficient (Wildman–Crippen LogP) is -0.302. The highest BCUT2D eigenvalue weighted by molar-refractivity contribution is 7.91. The fourth-order valence-electron chi connectivity index (χ4n) is 1.69. The first-order valence-electron chi connectivity index (χ1n) is 5.06. The van der Waals surface area contributed by atoms with E-state index in [0.29, 0.717) is 17.8 Å². The Balaban J connectivity index is 2.49. The van der Waals surface area contributed by atoms with Crippen LogP contribution in [0.5, 0.6) is 0 Å². The number of thiocarbonyl (C=S) groups is 1. The van der Waals surface area contributed by atoms with E-state index in [1.54, 1.807) is 7.05 Å². The van der Waals surface area contributed by atoms with Gasteiger partial charge in [0.25, 0.3) is 0 Å². The summed E-state index contributed by atoms with van der Waals surface area (Å²) >= 11 is 4.68. The van der Waals surface area contributed by atoms with Crippen LogP contribution in [0.25, 0.3) is 0 Å². The van der Waals surface area contributed by atoms with E-state index in [4.69, 9.17) is 5.73 Å². The Labute approximate surface area is 101 Å². The maximum absolute atomic E-state index is 11.7. The van der Waals surface area contributed by atoms with Crippen molar-refractivity contribution in [3.8, 4) is 0 Å². The molecule has 0 aromatic heterocycles. The zero-order chi connectivity index (χ0) is 12.3. The molecule has 5 nitrogen and oxygen atoms in total. The molecular weight excluding hydrogens is 248 g/mol. The van der Waals surface area contributed by atoms with Crippen LogP contribution < -0.4 is 5.73 Å². The molecule has 7 heteroatoms. The predicted molar refractivity (Wildman–Crippen MR) is 65.8 cm³/mol. The van der Waals surface area contributed by atoms with Crippen molar-refractivity contribution in [2.24, 2.45) is 5.73 Å². The molecule has 0 aromatic carbocycles. The molecule has 0 radical (unpaired) electrons. The topological polar surface area (TPSA) is 80.5 Å². The Morgan fingerprint density at radius 2 is 2.12 bits per heavy atom. The van der Waals surface area contributed by atoms with Gasteiger partial charge in [-0.1, -0.05) is 12.2 Å². The monoisotopic (exact) mass is 264 g/mol. The van der Waals surface area contributed by atoms with Crippen molar-refractivity contribution in [3.63, 3.8) is 0 Å². The lowest BCUT2D eigenvalue weighted by Crippen LogP contribution is -2.38. The van der Waals surface area contributed by atoms with Gasteiger partial charge in [-0.25, -0.2) is 8.42 Å². The Bertz CT molecular complexity index is 392. The van der Waals surface area contributed by atoms with Gasteiger partial charge in [-0.3, -0.25) is 4.79 Å². The maximum atomic E-state index is 11.7. The Hall–Kier alpha value is -0.690. The minimum Gasteiger partial charge on any atom is -0.393 e. The molecule has 1 rings (SSSR count). The highest BCUT2D eigenvalue weighted by Crippen LogP contribution is 2.17. The maximum Gasteiger partial charge on any atom is 0.223 e. The zero-order valence-corrected chi connectivity index (χ0v) is 10.8. The minimum absolute atomic E-state index is 0.0717. The quantitative estimate of drug-likeness (QED) is 0.705. The molecule has 1 saturated heterocycles. The van der Waals surface area contributed by atoms with Crippen LogP contribution in [0.1, 0.15) is 19.3 Å². The SMILES string of the molecule is CN(C(=O)CCC(N)=S)C1CCS(=O)(=O)C1. The number of hydrogen-bond donors (Lipinski definition) is 1. The molecule has 1 aliphatic rings. The van der Waals surface area contributed by atoms with Gasteiger partial charge in [0.15, 0.2) is 9.84 Å². The second-order valence-corrected chi connectivity index (χ2v) is 6.78. The summed E-state index contributed by atoms with van der Waals surface area (Å²) in [5.74, 6) is 0.141. The molecule has 1 amide bonds. The highest BCUT2D eigenvalue weighted by atomic mass is 32.2. The second-order valence-electron chi connectivity index (χ2n) is 4.03. The van der Waals surface area contributed by atoms with E-state index in [9.17, 15) is 13.2 Å².